The van der Waals surface area contributed by atoms with Gasteiger partial charge in [0.05, 0.1) is 6.42 Å². The fourth-order valence-corrected chi connectivity index (χ4v) is 2.16. The first-order valence-electron chi connectivity index (χ1n) is 7.96. The molecule has 8 nitrogen and oxygen atoms in total. The van der Waals surface area contributed by atoms with Crippen LogP contribution in [0.1, 0.15) is 24.6 Å². The van der Waals surface area contributed by atoms with Crippen molar-refractivity contribution >= 4 is 18.3 Å². The molecule has 0 aliphatic carbocycles. The van der Waals surface area contributed by atoms with Gasteiger partial charge in [-0.2, -0.15) is 0 Å². The van der Waals surface area contributed by atoms with Crippen LogP contribution in [0.4, 0.5) is 0 Å². The summed E-state index contributed by atoms with van der Waals surface area (Å²) in [6.45, 7) is 5.93. The number of rotatable bonds is 8. The first kappa shape index (κ1) is 20.7. The molecule has 136 valence electrons. The maximum atomic E-state index is 12.2. The Morgan fingerprint density at radius 3 is 2.56 bits per heavy atom. The summed E-state index contributed by atoms with van der Waals surface area (Å²) in [6, 6.07) is 1.68. The van der Waals surface area contributed by atoms with Crippen molar-refractivity contribution in [2.24, 2.45) is 0 Å². The van der Waals surface area contributed by atoms with E-state index in [0.717, 1.165) is 13.0 Å². The fraction of sp³-hybridized carbons (Fsp3) is 0.438. The van der Waals surface area contributed by atoms with Gasteiger partial charge in [0, 0.05) is 36.7 Å². The topological polar surface area (TPSA) is 113 Å². The summed E-state index contributed by atoms with van der Waals surface area (Å²) in [7, 11) is 0. The van der Waals surface area contributed by atoms with Gasteiger partial charge in [-0.15, -0.1) is 12.4 Å². The van der Waals surface area contributed by atoms with Crippen molar-refractivity contribution in [1.29, 1.82) is 0 Å². The third-order valence-electron chi connectivity index (χ3n) is 3.39. The van der Waals surface area contributed by atoms with Crippen LogP contribution in [0.2, 0.25) is 0 Å². The monoisotopic (exact) mass is 366 g/mol. The number of aromatic amines is 1. The van der Waals surface area contributed by atoms with E-state index >= 15 is 0 Å². The van der Waals surface area contributed by atoms with E-state index in [1.165, 1.54) is 0 Å². The van der Waals surface area contributed by atoms with Gasteiger partial charge in [0.25, 0.3) is 5.56 Å². The molecule has 0 unspecified atom stereocenters. The zero-order chi connectivity index (χ0) is 17.4. The Bertz CT molecular complexity index is 735. The number of nitrogens with one attached hydrogen (secondary N) is 3. The summed E-state index contributed by atoms with van der Waals surface area (Å²) in [5.41, 5.74) is 0.512. The van der Waals surface area contributed by atoms with Crippen molar-refractivity contribution < 1.29 is 4.79 Å². The summed E-state index contributed by atoms with van der Waals surface area (Å²) >= 11 is 0. The quantitative estimate of drug-likeness (QED) is 0.590. The Morgan fingerprint density at radius 2 is 1.92 bits per heavy atom. The van der Waals surface area contributed by atoms with E-state index < -0.39 is 0 Å². The van der Waals surface area contributed by atoms with Crippen molar-refractivity contribution in [2.75, 3.05) is 19.6 Å². The first-order chi connectivity index (χ1) is 11.6. The molecule has 0 aromatic carbocycles. The van der Waals surface area contributed by atoms with Gasteiger partial charge in [-0.05, 0) is 26.0 Å². The Morgan fingerprint density at radius 1 is 1.20 bits per heavy atom. The first-order valence-corrected chi connectivity index (χ1v) is 7.96. The van der Waals surface area contributed by atoms with E-state index in [2.05, 4.69) is 37.5 Å². The molecule has 0 aliphatic rings. The number of carbonyl (C=O) groups excluding carboxylic acids is 1. The molecule has 0 saturated heterocycles. The third-order valence-corrected chi connectivity index (χ3v) is 3.39. The highest BCUT2D eigenvalue weighted by Crippen LogP contribution is 2.08. The SMILES string of the molecule is CCCNCCNC(=O)Cc1c(C)nc(-c2ncccn2)[nH]c1=O.Cl. The normalized spacial score (nSPS) is 10.2. The number of amides is 1. The maximum Gasteiger partial charge on any atom is 0.255 e. The van der Waals surface area contributed by atoms with Gasteiger partial charge in [-0.1, -0.05) is 6.92 Å². The molecule has 0 atom stereocenters. The summed E-state index contributed by atoms with van der Waals surface area (Å²) in [6.07, 6.45) is 4.20. The van der Waals surface area contributed by atoms with Crippen LogP contribution in [0, 0.1) is 6.92 Å². The number of aryl methyl sites for hydroxylation is 1. The van der Waals surface area contributed by atoms with Gasteiger partial charge < -0.3 is 15.6 Å². The van der Waals surface area contributed by atoms with E-state index in [-0.39, 0.29) is 30.3 Å². The molecule has 2 heterocycles. The van der Waals surface area contributed by atoms with Crippen molar-refractivity contribution in [2.45, 2.75) is 26.7 Å². The van der Waals surface area contributed by atoms with Crippen LogP contribution in [-0.2, 0) is 11.2 Å². The molecule has 2 rings (SSSR count). The van der Waals surface area contributed by atoms with Crippen LogP contribution in [-0.4, -0.2) is 45.5 Å². The lowest BCUT2D eigenvalue weighted by atomic mass is 10.1. The minimum Gasteiger partial charge on any atom is -0.355 e. The lowest BCUT2D eigenvalue weighted by Crippen LogP contribution is -2.34. The van der Waals surface area contributed by atoms with Crippen molar-refractivity contribution in [3.8, 4) is 11.6 Å². The highest BCUT2D eigenvalue weighted by atomic mass is 35.5. The second-order valence-corrected chi connectivity index (χ2v) is 5.33. The van der Waals surface area contributed by atoms with E-state index in [0.29, 0.717) is 36.0 Å². The average Bonchev–Trinajstić information content (AvgIpc) is 2.58. The minimum atomic E-state index is -0.343. The summed E-state index contributed by atoms with van der Waals surface area (Å²) in [5, 5.41) is 5.98. The number of nitrogens with zero attached hydrogens (tertiary/aromatic N) is 3. The molecule has 0 radical (unpaired) electrons. The van der Waals surface area contributed by atoms with Crippen LogP contribution < -0.4 is 16.2 Å². The molecule has 0 saturated carbocycles. The fourth-order valence-electron chi connectivity index (χ4n) is 2.16. The molecule has 2 aromatic heterocycles. The van der Waals surface area contributed by atoms with Gasteiger partial charge in [0.2, 0.25) is 5.91 Å². The zero-order valence-electron chi connectivity index (χ0n) is 14.3. The van der Waals surface area contributed by atoms with Gasteiger partial charge in [-0.25, -0.2) is 15.0 Å². The highest BCUT2D eigenvalue weighted by molar-refractivity contribution is 5.85. The van der Waals surface area contributed by atoms with E-state index in [1.54, 1.807) is 25.4 Å². The number of carbonyl (C=O) groups is 1. The Balaban J connectivity index is 0.00000312. The van der Waals surface area contributed by atoms with Crippen molar-refractivity contribution in [3.63, 3.8) is 0 Å². The molecule has 0 aliphatic heterocycles. The van der Waals surface area contributed by atoms with Crippen LogP contribution in [0.15, 0.2) is 23.3 Å². The maximum absolute atomic E-state index is 12.2. The number of halogens is 1. The summed E-state index contributed by atoms with van der Waals surface area (Å²) < 4.78 is 0. The molecule has 1 amide bonds. The molecule has 9 heteroatoms. The van der Waals surface area contributed by atoms with Gasteiger partial charge >= 0.3 is 0 Å². The molecular formula is C16H23ClN6O2. The molecule has 0 bridgehead atoms. The Hall–Kier alpha value is -2.32. The smallest absolute Gasteiger partial charge is 0.255 e. The second kappa shape index (κ2) is 10.5. The van der Waals surface area contributed by atoms with Crippen molar-refractivity contribution in [3.05, 3.63) is 40.1 Å². The van der Waals surface area contributed by atoms with Gasteiger partial charge in [0.15, 0.2) is 11.6 Å². The van der Waals surface area contributed by atoms with E-state index in [4.69, 9.17) is 0 Å². The highest BCUT2D eigenvalue weighted by Gasteiger charge is 2.14. The lowest BCUT2D eigenvalue weighted by Gasteiger charge is -2.08. The standard InChI is InChI=1S/C16H22N6O2.ClH/c1-3-5-17-8-9-18-13(23)10-12-11(2)21-15(22-16(12)24)14-19-6-4-7-20-14;/h4,6-7,17H,3,5,8-10H2,1-2H3,(H,18,23)(H,21,22,24);1H. The Labute approximate surface area is 152 Å². The van der Waals surface area contributed by atoms with E-state index in [9.17, 15) is 9.59 Å². The number of H-pyrrole nitrogens is 1. The number of aromatic nitrogens is 4. The molecular weight excluding hydrogens is 344 g/mol. The summed E-state index contributed by atoms with van der Waals surface area (Å²) in [5.74, 6) is 0.439. The van der Waals surface area contributed by atoms with Gasteiger partial charge in [0.1, 0.15) is 0 Å². The van der Waals surface area contributed by atoms with Crippen LogP contribution in [0.25, 0.3) is 11.6 Å². The summed E-state index contributed by atoms with van der Waals surface area (Å²) in [4.78, 5) is 39.3. The van der Waals surface area contributed by atoms with Gasteiger partial charge in [-0.3, -0.25) is 9.59 Å². The van der Waals surface area contributed by atoms with Crippen LogP contribution >= 0.6 is 12.4 Å². The predicted molar refractivity (Wildman–Crippen MR) is 97.7 cm³/mol. The number of hydrogen-bond donors (Lipinski definition) is 3. The second-order valence-electron chi connectivity index (χ2n) is 5.33. The lowest BCUT2D eigenvalue weighted by molar-refractivity contribution is -0.120. The number of hydrogen-bond acceptors (Lipinski definition) is 6. The molecule has 2 aromatic rings. The molecule has 0 fully saturated rings. The predicted octanol–water partition coefficient (Wildman–Crippen LogP) is 0.615. The molecule has 3 N–H and O–H groups in total. The largest absolute Gasteiger partial charge is 0.355 e. The van der Waals surface area contributed by atoms with Crippen LogP contribution in [0.3, 0.4) is 0 Å². The van der Waals surface area contributed by atoms with E-state index in [1.807, 2.05) is 0 Å². The Kier molecular flexibility index (Phi) is 8.73. The van der Waals surface area contributed by atoms with Crippen molar-refractivity contribution in [1.82, 2.24) is 30.6 Å². The molecule has 0 spiro atoms. The van der Waals surface area contributed by atoms with Crippen LogP contribution in [0.5, 0.6) is 0 Å². The molecule has 25 heavy (non-hydrogen) atoms. The average molecular weight is 367 g/mol. The zero-order valence-corrected chi connectivity index (χ0v) is 15.2. The third kappa shape index (κ3) is 6.24. The minimum absolute atomic E-state index is 0.